The summed E-state index contributed by atoms with van der Waals surface area (Å²) < 4.78 is 0.895. The number of anilines is 1. The molecule has 0 unspecified atom stereocenters. The molecule has 0 saturated heterocycles. The first-order valence-corrected chi connectivity index (χ1v) is 7.77. The summed E-state index contributed by atoms with van der Waals surface area (Å²) in [5.74, 6) is 0. The summed E-state index contributed by atoms with van der Waals surface area (Å²) >= 11 is 19.5. The van der Waals surface area contributed by atoms with Crippen molar-refractivity contribution in [1.82, 2.24) is 4.98 Å². The molecule has 0 radical (unpaired) electrons. The molecule has 1 amide bonds. The molecule has 1 aromatic heterocycles. The van der Waals surface area contributed by atoms with Crippen molar-refractivity contribution in [1.29, 1.82) is 0 Å². The highest BCUT2D eigenvalue weighted by molar-refractivity contribution is 8.15. The number of nitrogens with zero attached hydrogens (tertiary/aromatic N) is 2. The van der Waals surface area contributed by atoms with Crippen molar-refractivity contribution >= 4 is 68.8 Å². The largest absolute Gasteiger partial charge is 0.306 e. The lowest BCUT2D eigenvalue weighted by molar-refractivity contribution is 0.266. The first-order valence-electron chi connectivity index (χ1n) is 5.00. The zero-order valence-corrected chi connectivity index (χ0v) is 13.5. The van der Waals surface area contributed by atoms with E-state index in [4.69, 9.17) is 34.8 Å². The van der Waals surface area contributed by atoms with Crippen molar-refractivity contribution in [3.63, 3.8) is 0 Å². The van der Waals surface area contributed by atoms with Crippen molar-refractivity contribution in [2.75, 3.05) is 11.9 Å². The Labute approximate surface area is 133 Å². The van der Waals surface area contributed by atoms with Gasteiger partial charge in [-0.1, -0.05) is 46.1 Å². The Bertz CT molecular complexity index is 581. The molecule has 0 aliphatic rings. The maximum atomic E-state index is 12.1. The van der Waals surface area contributed by atoms with Gasteiger partial charge < -0.3 is 4.90 Å². The molecule has 0 fully saturated rings. The van der Waals surface area contributed by atoms with Crippen LogP contribution in [0.5, 0.6) is 0 Å². The number of hydrogen-bond donors (Lipinski definition) is 0. The van der Waals surface area contributed by atoms with Crippen LogP contribution >= 0.6 is 57.9 Å². The molecule has 2 aromatic rings. The first-order chi connectivity index (χ1) is 8.97. The number of benzene rings is 1. The van der Waals surface area contributed by atoms with E-state index in [1.165, 1.54) is 16.2 Å². The highest BCUT2D eigenvalue weighted by atomic mass is 35.5. The molecule has 3 nitrogen and oxygen atoms in total. The lowest BCUT2D eigenvalue weighted by atomic mass is 10.3. The second kappa shape index (κ2) is 6.33. The molecule has 0 spiro atoms. The number of thiazole rings is 1. The molecule has 100 valence electrons. The summed E-state index contributed by atoms with van der Waals surface area (Å²) in [6.45, 7) is 0. The predicted octanol–water partition coefficient (Wildman–Crippen LogP) is 5.45. The number of thioether (sulfide) groups is 1. The highest BCUT2D eigenvalue weighted by Gasteiger charge is 2.16. The van der Waals surface area contributed by atoms with Crippen molar-refractivity contribution < 1.29 is 4.79 Å². The van der Waals surface area contributed by atoms with Crippen molar-refractivity contribution in [2.24, 2.45) is 0 Å². The van der Waals surface area contributed by atoms with Gasteiger partial charge >= 0.3 is 0 Å². The number of carbonyl (C=O) groups is 1. The Morgan fingerprint density at radius 2 is 1.89 bits per heavy atom. The van der Waals surface area contributed by atoms with E-state index in [-0.39, 0.29) is 10.4 Å². The summed E-state index contributed by atoms with van der Waals surface area (Å²) in [6.07, 6.45) is 0. The average molecular weight is 354 g/mol. The van der Waals surface area contributed by atoms with Crippen LogP contribution in [-0.2, 0) is 0 Å². The van der Waals surface area contributed by atoms with Crippen LogP contribution in [0.2, 0.25) is 14.5 Å². The van der Waals surface area contributed by atoms with Crippen molar-refractivity contribution in [3.05, 3.63) is 38.8 Å². The Balaban J connectivity index is 2.09. The third-order valence-corrected chi connectivity index (χ3v) is 5.19. The number of rotatable bonds is 2. The number of carbonyl (C=O) groups excluding carboxylic acids is 1. The smallest absolute Gasteiger partial charge is 0.292 e. The van der Waals surface area contributed by atoms with Gasteiger partial charge in [-0.3, -0.25) is 4.79 Å². The summed E-state index contributed by atoms with van der Waals surface area (Å²) in [4.78, 5) is 17.5. The number of halogens is 3. The fourth-order valence-corrected chi connectivity index (χ4v) is 3.63. The summed E-state index contributed by atoms with van der Waals surface area (Å²) in [5, 5.41) is 0.663. The molecule has 1 aromatic carbocycles. The number of hydrogen-bond acceptors (Lipinski definition) is 4. The number of aromatic nitrogens is 1. The van der Waals surface area contributed by atoms with Gasteiger partial charge in [0.2, 0.25) is 0 Å². The van der Waals surface area contributed by atoms with Gasteiger partial charge in [-0.2, -0.15) is 0 Å². The third-order valence-electron chi connectivity index (χ3n) is 2.19. The van der Waals surface area contributed by atoms with E-state index in [1.807, 2.05) is 0 Å². The van der Waals surface area contributed by atoms with Gasteiger partial charge in [0, 0.05) is 29.5 Å². The second-order valence-corrected chi connectivity index (χ2v) is 7.04. The molecular formula is C11H7Cl3N2OS2. The fourth-order valence-electron chi connectivity index (χ4n) is 1.22. The Morgan fingerprint density at radius 1 is 1.26 bits per heavy atom. The Morgan fingerprint density at radius 3 is 2.42 bits per heavy atom. The average Bonchev–Trinajstić information content (AvgIpc) is 2.68. The predicted molar refractivity (Wildman–Crippen MR) is 83.2 cm³/mol. The maximum Gasteiger partial charge on any atom is 0.292 e. The van der Waals surface area contributed by atoms with E-state index in [2.05, 4.69) is 4.98 Å². The van der Waals surface area contributed by atoms with Gasteiger partial charge in [-0.05, 0) is 24.3 Å². The van der Waals surface area contributed by atoms with Gasteiger partial charge in [0.05, 0.1) is 0 Å². The Kier molecular flexibility index (Phi) is 4.97. The summed E-state index contributed by atoms with van der Waals surface area (Å²) in [6, 6.07) is 6.98. The molecule has 0 atom stereocenters. The van der Waals surface area contributed by atoms with Crippen LogP contribution in [0.3, 0.4) is 0 Å². The van der Waals surface area contributed by atoms with Crippen LogP contribution in [0, 0.1) is 0 Å². The van der Waals surface area contributed by atoms with Gasteiger partial charge in [-0.25, -0.2) is 4.98 Å². The minimum Gasteiger partial charge on any atom is -0.306 e. The first kappa shape index (κ1) is 14.9. The Hall–Kier alpha value is -0.460. The van der Waals surface area contributed by atoms with Gasteiger partial charge in [0.1, 0.15) is 4.34 Å². The van der Waals surface area contributed by atoms with Crippen molar-refractivity contribution in [3.8, 4) is 0 Å². The van der Waals surface area contributed by atoms with Crippen molar-refractivity contribution in [2.45, 2.75) is 4.34 Å². The molecule has 0 bridgehead atoms. The summed E-state index contributed by atoms with van der Waals surface area (Å²) in [7, 11) is 1.68. The molecule has 0 N–H and O–H groups in total. The molecule has 0 saturated carbocycles. The maximum absolute atomic E-state index is 12.1. The van der Waals surface area contributed by atoms with E-state index in [0.717, 1.165) is 17.4 Å². The van der Waals surface area contributed by atoms with E-state index >= 15 is 0 Å². The standard InChI is InChI=1S/C11H7Cl3N2OS2/c1-16(7-4-2-6(12)3-5-7)11(17)19-10-15-8(13)9(14)18-10/h2-5H,1H3. The zero-order valence-electron chi connectivity index (χ0n) is 9.56. The van der Waals surface area contributed by atoms with Crippen LogP contribution < -0.4 is 4.90 Å². The van der Waals surface area contributed by atoms with Crippen LogP contribution in [0.1, 0.15) is 0 Å². The molecule has 0 aliphatic heterocycles. The monoisotopic (exact) mass is 352 g/mol. The molecule has 19 heavy (non-hydrogen) atoms. The fraction of sp³-hybridized carbons (Fsp3) is 0.0909. The van der Waals surface area contributed by atoms with Crippen LogP contribution in [0.25, 0.3) is 0 Å². The molecular weight excluding hydrogens is 347 g/mol. The van der Waals surface area contributed by atoms with E-state index in [9.17, 15) is 4.79 Å². The lowest BCUT2D eigenvalue weighted by Gasteiger charge is -2.15. The second-order valence-electron chi connectivity index (χ2n) is 3.45. The summed E-state index contributed by atoms with van der Waals surface area (Å²) in [5.41, 5.74) is 0.746. The molecule has 8 heteroatoms. The molecule has 1 heterocycles. The normalized spacial score (nSPS) is 10.5. The lowest BCUT2D eigenvalue weighted by Crippen LogP contribution is -2.21. The minimum absolute atomic E-state index is 0.176. The van der Waals surface area contributed by atoms with E-state index in [1.54, 1.807) is 31.3 Å². The van der Waals surface area contributed by atoms with E-state index in [0.29, 0.717) is 13.7 Å². The molecule has 0 aliphatic carbocycles. The van der Waals surface area contributed by atoms with Gasteiger partial charge in [0.15, 0.2) is 9.49 Å². The zero-order chi connectivity index (χ0) is 14.0. The van der Waals surface area contributed by atoms with Crippen LogP contribution in [0.4, 0.5) is 10.5 Å². The highest BCUT2D eigenvalue weighted by Crippen LogP contribution is 2.35. The quantitative estimate of drug-likeness (QED) is 0.673. The van der Waals surface area contributed by atoms with Crippen LogP contribution in [0.15, 0.2) is 28.6 Å². The van der Waals surface area contributed by atoms with Gasteiger partial charge in [0.25, 0.3) is 5.24 Å². The number of amides is 1. The van der Waals surface area contributed by atoms with E-state index < -0.39 is 0 Å². The third kappa shape index (κ3) is 3.77. The minimum atomic E-state index is -0.176. The molecule has 2 rings (SSSR count). The van der Waals surface area contributed by atoms with Crippen LogP contribution in [-0.4, -0.2) is 17.3 Å². The topological polar surface area (TPSA) is 33.2 Å². The SMILES string of the molecule is CN(C(=O)Sc1nc(Cl)c(Cl)s1)c1ccc(Cl)cc1. The van der Waals surface area contributed by atoms with Gasteiger partial charge in [-0.15, -0.1) is 0 Å².